The minimum atomic E-state index is -0.740. The Balaban J connectivity index is 0.981. The molecule has 276 valence electrons. The maximum atomic E-state index is 13.2. The number of non-ortho nitro benzene ring substituents is 1. The molecule has 6 rings (SSSR count). The number of carbonyl (C=O) groups excluding carboxylic acids is 2. The number of unbranched alkanes of at least 4 members (excludes halogenated alkanes) is 1. The van der Waals surface area contributed by atoms with Gasteiger partial charge in [0.1, 0.15) is 6.04 Å². The van der Waals surface area contributed by atoms with Gasteiger partial charge in [0.2, 0.25) is 11.4 Å². The number of anilines is 1. The van der Waals surface area contributed by atoms with Crippen LogP contribution in [0.3, 0.4) is 0 Å². The van der Waals surface area contributed by atoms with Gasteiger partial charge in [0.05, 0.1) is 29.9 Å². The third-order valence-electron chi connectivity index (χ3n) is 13.9. The number of nitrogens with one attached hydrogen (secondary N) is 2. The molecule has 4 N–H and O–H groups in total. The summed E-state index contributed by atoms with van der Waals surface area (Å²) < 4.78 is 9.72. The van der Waals surface area contributed by atoms with Crippen LogP contribution in [0.1, 0.15) is 104 Å². The Kier molecular flexibility index (Phi) is 10.7. The number of nitro benzene ring substituents is 1. The number of amides is 1. The molecule has 1 amide bonds. The SMILES string of the molecule is COC(=O)[C@H](CCCCNc1ccc([N+](=O)[O-])c2nonc12)NC(=O)CC[C@@H](C)C1CCC2C3C(CC[C@@]21C)[C@@]1(C)CC[C@@H](O)CC1C[C@@H]3O. The van der Waals surface area contributed by atoms with Gasteiger partial charge in [-0.2, -0.15) is 0 Å². The summed E-state index contributed by atoms with van der Waals surface area (Å²) in [5, 5.41) is 46.7. The van der Waals surface area contributed by atoms with Crippen LogP contribution in [-0.2, 0) is 14.3 Å². The first kappa shape index (κ1) is 36.5. The van der Waals surface area contributed by atoms with E-state index in [4.69, 9.17) is 9.37 Å². The van der Waals surface area contributed by atoms with E-state index in [9.17, 15) is 29.9 Å². The fourth-order valence-corrected chi connectivity index (χ4v) is 11.2. The van der Waals surface area contributed by atoms with E-state index < -0.39 is 16.9 Å². The summed E-state index contributed by atoms with van der Waals surface area (Å²) in [7, 11) is 1.32. The fraction of sp³-hybridized carbons (Fsp3) is 0.784. The van der Waals surface area contributed by atoms with Gasteiger partial charge in [0, 0.05) is 19.0 Å². The molecule has 2 aromatic rings. The number of aliphatic hydroxyl groups excluding tert-OH is 2. The number of esters is 1. The molecule has 0 bridgehead atoms. The zero-order valence-corrected chi connectivity index (χ0v) is 29.9. The second kappa shape index (κ2) is 14.7. The predicted molar refractivity (Wildman–Crippen MR) is 186 cm³/mol. The van der Waals surface area contributed by atoms with Crippen molar-refractivity contribution in [2.75, 3.05) is 19.0 Å². The molecule has 1 heterocycles. The van der Waals surface area contributed by atoms with Gasteiger partial charge < -0.3 is 25.6 Å². The first-order chi connectivity index (χ1) is 23.9. The zero-order chi connectivity index (χ0) is 35.8. The van der Waals surface area contributed by atoms with Crippen LogP contribution in [0.15, 0.2) is 16.8 Å². The largest absolute Gasteiger partial charge is 0.467 e. The Hall–Kier alpha value is -3.32. The molecule has 4 fully saturated rings. The molecule has 0 saturated heterocycles. The molecule has 4 aliphatic rings. The van der Waals surface area contributed by atoms with E-state index in [-0.39, 0.29) is 45.7 Å². The number of fused-ring (bicyclic) bond motifs is 6. The second-order valence-electron chi connectivity index (χ2n) is 16.4. The molecule has 1 aromatic carbocycles. The fourth-order valence-electron chi connectivity index (χ4n) is 11.2. The van der Waals surface area contributed by atoms with Crippen molar-refractivity contribution in [1.29, 1.82) is 0 Å². The molecule has 4 saturated carbocycles. The zero-order valence-electron chi connectivity index (χ0n) is 29.9. The Labute approximate surface area is 293 Å². The minimum absolute atomic E-state index is 0.0778. The van der Waals surface area contributed by atoms with Crippen LogP contribution in [0.25, 0.3) is 11.0 Å². The number of benzene rings is 1. The highest BCUT2D eigenvalue weighted by Gasteiger charge is 2.62. The monoisotopic (exact) mass is 697 g/mol. The summed E-state index contributed by atoms with van der Waals surface area (Å²) >= 11 is 0. The highest BCUT2D eigenvalue weighted by atomic mass is 16.6. The first-order valence-electron chi connectivity index (χ1n) is 18.7. The van der Waals surface area contributed by atoms with Crippen LogP contribution in [-0.4, -0.2) is 69.2 Å². The highest BCUT2D eigenvalue weighted by Crippen LogP contribution is 2.68. The van der Waals surface area contributed by atoms with Crippen molar-refractivity contribution in [3.63, 3.8) is 0 Å². The average molecular weight is 698 g/mol. The number of aromatic nitrogens is 2. The third kappa shape index (κ3) is 6.83. The van der Waals surface area contributed by atoms with Gasteiger partial charge in [-0.15, -0.1) is 0 Å². The topological polar surface area (TPSA) is 190 Å². The van der Waals surface area contributed by atoms with E-state index in [0.717, 1.165) is 57.8 Å². The van der Waals surface area contributed by atoms with Crippen molar-refractivity contribution in [3.8, 4) is 0 Å². The van der Waals surface area contributed by atoms with Crippen molar-refractivity contribution in [2.24, 2.45) is 46.3 Å². The smallest absolute Gasteiger partial charge is 0.328 e. The van der Waals surface area contributed by atoms with Gasteiger partial charge in [-0.05, 0) is 140 Å². The van der Waals surface area contributed by atoms with Crippen LogP contribution in [0, 0.1) is 56.5 Å². The molecular weight excluding hydrogens is 642 g/mol. The van der Waals surface area contributed by atoms with Crippen LogP contribution in [0.4, 0.5) is 11.4 Å². The summed E-state index contributed by atoms with van der Waals surface area (Å²) in [6, 6.07) is 2.18. The first-order valence-corrected chi connectivity index (χ1v) is 18.7. The number of aliphatic hydroxyl groups is 2. The van der Waals surface area contributed by atoms with Gasteiger partial charge in [0.25, 0.3) is 0 Å². The lowest BCUT2D eigenvalue weighted by Gasteiger charge is -2.62. The van der Waals surface area contributed by atoms with Crippen molar-refractivity contribution in [1.82, 2.24) is 15.6 Å². The lowest BCUT2D eigenvalue weighted by atomic mass is 9.43. The van der Waals surface area contributed by atoms with Crippen LogP contribution >= 0.6 is 0 Å². The summed E-state index contributed by atoms with van der Waals surface area (Å²) in [6.07, 6.45) is 10.4. The summed E-state index contributed by atoms with van der Waals surface area (Å²) in [4.78, 5) is 36.5. The minimum Gasteiger partial charge on any atom is -0.467 e. The number of hydrogen-bond donors (Lipinski definition) is 4. The summed E-state index contributed by atoms with van der Waals surface area (Å²) in [5.74, 6) is 1.92. The van der Waals surface area contributed by atoms with E-state index in [0.29, 0.717) is 73.4 Å². The Morgan fingerprint density at radius 2 is 1.78 bits per heavy atom. The number of nitrogens with zero attached hydrogens (tertiary/aromatic N) is 3. The molecule has 0 aliphatic heterocycles. The van der Waals surface area contributed by atoms with E-state index >= 15 is 0 Å². The van der Waals surface area contributed by atoms with E-state index in [1.165, 1.54) is 13.2 Å². The number of ether oxygens (including phenoxy) is 1. The molecule has 0 spiro atoms. The number of nitro groups is 1. The van der Waals surface area contributed by atoms with Crippen LogP contribution in [0.2, 0.25) is 0 Å². The quantitative estimate of drug-likeness (QED) is 0.0859. The molecule has 1 aromatic heterocycles. The van der Waals surface area contributed by atoms with Crippen LogP contribution in [0.5, 0.6) is 0 Å². The number of carbonyl (C=O) groups is 2. The van der Waals surface area contributed by atoms with Gasteiger partial charge in [-0.3, -0.25) is 14.9 Å². The van der Waals surface area contributed by atoms with E-state index in [1.54, 1.807) is 6.07 Å². The van der Waals surface area contributed by atoms with E-state index in [2.05, 4.69) is 41.7 Å². The Bertz CT molecular complexity index is 1550. The third-order valence-corrected chi connectivity index (χ3v) is 13.9. The van der Waals surface area contributed by atoms with Gasteiger partial charge in [-0.1, -0.05) is 20.8 Å². The average Bonchev–Trinajstić information content (AvgIpc) is 3.72. The van der Waals surface area contributed by atoms with Gasteiger partial charge >= 0.3 is 11.7 Å². The van der Waals surface area contributed by atoms with Gasteiger partial charge in [-0.25, -0.2) is 9.42 Å². The number of methoxy groups -OCH3 is 1. The van der Waals surface area contributed by atoms with Crippen molar-refractivity contribution in [3.05, 3.63) is 22.2 Å². The van der Waals surface area contributed by atoms with Crippen molar-refractivity contribution >= 4 is 34.3 Å². The maximum absolute atomic E-state index is 13.2. The molecule has 13 heteroatoms. The Morgan fingerprint density at radius 1 is 1.04 bits per heavy atom. The normalized spacial score (nSPS) is 34.6. The molecule has 50 heavy (non-hydrogen) atoms. The van der Waals surface area contributed by atoms with Crippen LogP contribution < -0.4 is 10.6 Å². The lowest BCUT2D eigenvalue weighted by Crippen LogP contribution is -2.58. The highest BCUT2D eigenvalue weighted by molar-refractivity contribution is 5.93. The molecule has 11 atom stereocenters. The molecule has 0 radical (unpaired) electrons. The lowest BCUT2D eigenvalue weighted by molar-refractivity contribution is -0.383. The molecule has 5 unspecified atom stereocenters. The molecule has 13 nitrogen and oxygen atoms in total. The van der Waals surface area contributed by atoms with Crippen molar-refractivity contribution < 1.29 is 34.1 Å². The second-order valence-corrected chi connectivity index (χ2v) is 16.4. The maximum Gasteiger partial charge on any atom is 0.328 e. The predicted octanol–water partition coefficient (Wildman–Crippen LogP) is 5.78. The number of rotatable bonds is 13. The standard InChI is InChI=1S/C37H55N5O8/c1-21(24-9-10-25-32-26(15-17-37(24,25)3)36(2)16-14-23(43)19-22(36)20-30(32)44)8-13-31(45)39-28(35(46)49-4)7-5-6-18-38-27-11-12-29(42(47)48)34-33(27)40-50-41-34/h11-12,21-26,28,30,32,38,43-44H,5-10,13-20H2,1-4H3,(H,39,45)/t21-,22?,23-,24?,25?,26?,28+,30+,32?,36+,37-/m1/s1. The molecular formula is C37H55N5O8. The Morgan fingerprint density at radius 3 is 2.54 bits per heavy atom. The van der Waals surface area contributed by atoms with Gasteiger partial charge in [0.15, 0.2) is 5.52 Å². The summed E-state index contributed by atoms with van der Waals surface area (Å²) in [5.41, 5.74) is 1.09. The summed E-state index contributed by atoms with van der Waals surface area (Å²) in [6.45, 7) is 7.68. The molecule has 4 aliphatic carbocycles. The number of hydrogen-bond acceptors (Lipinski definition) is 11. The van der Waals surface area contributed by atoms with Crippen molar-refractivity contribution in [2.45, 2.75) is 122 Å². The van der Waals surface area contributed by atoms with E-state index in [1.807, 2.05) is 0 Å².